The van der Waals surface area contributed by atoms with Crippen molar-refractivity contribution in [3.63, 3.8) is 0 Å². The van der Waals surface area contributed by atoms with Crippen LogP contribution in [0.1, 0.15) is 181 Å². The second-order valence-electron chi connectivity index (χ2n) is 12.1. The van der Waals surface area contributed by atoms with Gasteiger partial charge in [0.25, 0.3) is 0 Å². The average Bonchev–Trinajstić information content (AvgIpc) is 2.92. The molecule has 0 spiro atoms. The molecule has 0 radical (unpaired) electrons. The molecule has 5 heteroatoms. The van der Waals surface area contributed by atoms with Crippen LogP contribution in [0.25, 0.3) is 0 Å². The average molecular weight is 555 g/mol. The Morgan fingerprint density at radius 1 is 0.564 bits per heavy atom. The number of unbranched alkanes of at least 4 members (excludes halogenated alkanes) is 20. The van der Waals surface area contributed by atoms with Crippen molar-refractivity contribution in [2.45, 2.75) is 187 Å². The van der Waals surface area contributed by atoms with Gasteiger partial charge < -0.3 is 14.6 Å². The van der Waals surface area contributed by atoms with E-state index in [0.29, 0.717) is 12.8 Å². The number of carbonyl (C=O) groups excluding carboxylic acids is 2. The SMILES string of the molecule is CCCCCCCCCCCCCCCCCCC(=O)OC[C@H](CO)OC(=O)CCCCCCCCC(C)C. The molecule has 0 aliphatic heterocycles. The molecule has 0 heterocycles. The lowest BCUT2D eigenvalue weighted by atomic mass is 10.0. The summed E-state index contributed by atoms with van der Waals surface area (Å²) >= 11 is 0. The van der Waals surface area contributed by atoms with Gasteiger partial charge in [0.1, 0.15) is 6.61 Å². The molecule has 1 atom stereocenters. The summed E-state index contributed by atoms with van der Waals surface area (Å²) in [5.74, 6) is 0.187. The minimum atomic E-state index is -0.761. The molecule has 39 heavy (non-hydrogen) atoms. The van der Waals surface area contributed by atoms with Crippen LogP contribution in [-0.4, -0.2) is 36.4 Å². The maximum Gasteiger partial charge on any atom is 0.306 e. The third kappa shape index (κ3) is 29.7. The zero-order chi connectivity index (χ0) is 28.8. The van der Waals surface area contributed by atoms with Crippen LogP contribution in [0.2, 0.25) is 0 Å². The Hall–Kier alpha value is -1.10. The third-order valence-electron chi connectivity index (χ3n) is 7.58. The van der Waals surface area contributed by atoms with Gasteiger partial charge in [0.2, 0.25) is 0 Å². The van der Waals surface area contributed by atoms with Crippen molar-refractivity contribution >= 4 is 11.9 Å². The van der Waals surface area contributed by atoms with Crippen LogP contribution in [0.3, 0.4) is 0 Å². The molecule has 0 aromatic rings. The van der Waals surface area contributed by atoms with E-state index in [-0.39, 0.29) is 25.2 Å². The number of ether oxygens (including phenoxy) is 2. The second-order valence-corrected chi connectivity index (χ2v) is 12.1. The Labute approximate surface area is 242 Å². The molecule has 0 saturated carbocycles. The molecule has 0 aromatic heterocycles. The number of carbonyl (C=O) groups is 2. The summed E-state index contributed by atoms with van der Waals surface area (Å²) in [6.45, 7) is 6.40. The number of hydrogen-bond acceptors (Lipinski definition) is 5. The van der Waals surface area contributed by atoms with Gasteiger partial charge in [0.15, 0.2) is 6.10 Å². The van der Waals surface area contributed by atoms with Crippen molar-refractivity contribution in [3.05, 3.63) is 0 Å². The number of esters is 2. The summed E-state index contributed by atoms with van der Waals surface area (Å²) in [7, 11) is 0. The highest BCUT2D eigenvalue weighted by Gasteiger charge is 2.16. The molecule has 0 amide bonds. The van der Waals surface area contributed by atoms with E-state index in [1.165, 1.54) is 116 Å². The molecule has 232 valence electrons. The zero-order valence-electron chi connectivity index (χ0n) is 26.3. The highest BCUT2D eigenvalue weighted by atomic mass is 16.6. The van der Waals surface area contributed by atoms with Crippen molar-refractivity contribution in [3.8, 4) is 0 Å². The van der Waals surface area contributed by atoms with E-state index < -0.39 is 6.10 Å². The van der Waals surface area contributed by atoms with Gasteiger partial charge in [-0.1, -0.05) is 156 Å². The van der Waals surface area contributed by atoms with Crippen LogP contribution >= 0.6 is 0 Å². The third-order valence-corrected chi connectivity index (χ3v) is 7.58. The summed E-state index contributed by atoms with van der Waals surface area (Å²) in [6.07, 6.45) is 28.9. The largest absolute Gasteiger partial charge is 0.462 e. The number of rotatable bonds is 30. The lowest BCUT2D eigenvalue weighted by molar-refractivity contribution is -0.161. The monoisotopic (exact) mass is 554 g/mol. The molecule has 0 aliphatic rings. The van der Waals surface area contributed by atoms with E-state index in [9.17, 15) is 14.7 Å². The Morgan fingerprint density at radius 2 is 0.949 bits per heavy atom. The Bertz CT molecular complexity index is 534. The minimum Gasteiger partial charge on any atom is -0.462 e. The fourth-order valence-corrected chi connectivity index (χ4v) is 4.97. The molecule has 5 nitrogen and oxygen atoms in total. The smallest absolute Gasteiger partial charge is 0.306 e. The molecule has 0 bridgehead atoms. The fourth-order valence-electron chi connectivity index (χ4n) is 4.97. The molecular formula is C34H66O5. The molecule has 0 fully saturated rings. The number of hydrogen-bond donors (Lipinski definition) is 1. The summed E-state index contributed by atoms with van der Waals surface area (Å²) < 4.78 is 10.5. The quantitative estimate of drug-likeness (QED) is 0.0706. The van der Waals surface area contributed by atoms with Crippen LogP contribution < -0.4 is 0 Å². The van der Waals surface area contributed by atoms with Crippen LogP contribution in [0.5, 0.6) is 0 Å². The maximum absolute atomic E-state index is 12.0. The van der Waals surface area contributed by atoms with Crippen molar-refractivity contribution in [1.82, 2.24) is 0 Å². The van der Waals surface area contributed by atoms with E-state index in [2.05, 4.69) is 20.8 Å². The van der Waals surface area contributed by atoms with Gasteiger partial charge in [-0.15, -0.1) is 0 Å². The molecule has 0 aromatic carbocycles. The molecule has 0 rings (SSSR count). The molecule has 0 unspecified atom stereocenters. The maximum atomic E-state index is 12.0. The van der Waals surface area contributed by atoms with E-state index >= 15 is 0 Å². The van der Waals surface area contributed by atoms with Crippen molar-refractivity contribution in [2.24, 2.45) is 5.92 Å². The van der Waals surface area contributed by atoms with Gasteiger partial charge in [0, 0.05) is 12.8 Å². The normalized spacial score (nSPS) is 12.1. The standard InChI is InChI=1S/C34H66O5/c1-4-5-6-7-8-9-10-11-12-13-14-15-16-17-21-24-27-33(36)38-30-32(29-35)39-34(37)28-25-22-19-18-20-23-26-31(2)3/h31-32,35H,4-30H2,1-3H3/t32-/m0/s1. The van der Waals surface area contributed by atoms with Gasteiger partial charge in [0.05, 0.1) is 6.61 Å². The predicted molar refractivity (Wildman–Crippen MR) is 164 cm³/mol. The Balaban J connectivity index is 3.51. The Kier molecular flexibility index (Phi) is 29.0. The van der Waals surface area contributed by atoms with Gasteiger partial charge in [-0.25, -0.2) is 0 Å². The summed E-state index contributed by atoms with van der Waals surface area (Å²) in [5.41, 5.74) is 0. The minimum absolute atomic E-state index is 0.0597. The van der Waals surface area contributed by atoms with Gasteiger partial charge >= 0.3 is 11.9 Å². The van der Waals surface area contributed by atoms with Gasteiger partial charge in [-0.2, -0.15) is 0 Å². The van der Waals surface area contributed by atoms with E-state index in [4.69, 9.17) is 9.47 Å². The first-order valence-electron chi connectivity index (χ1n) is 17.0. The first-order valence-corrected chi connectivity index (χ1v) is 17.0. The summed E-state index contributed by atoms with van der Waals surface area (Å²) in [6, 6.07) is 0. The van der Waals surface area contributed by atoms with E-state index in [1.54, 1.807) is 0 Å². The first kappa shape index (κ1) is 37.9. The second kappa shape index (κ2) is 29.9. The van der Waals surface area contributed by atoms with Gasteiger partial charge in [-0.3, -0.25) is 9.59 Å². The lowest BCUT2D eigenvalue weighted by Crippen LogP contribution is -2.28. The summed E-state index contributed by atoms with van der Waals surface area (Å²) in [4.78, 5) is 24.0. The van der Waals surface area contributed by atoms with Gasteiger partial charge in [-0.05, 0) is 18.8 Å². The Morgan fingerprint density at radius 3 is 1.36 bits per heavy atom. The summed E-state index contributed by atoms with van der Waals surface area (Å²) in [5, 5.41) is 9.48. The van der Waals surface area contributed by atoms with E-state index in [1.807, 2.05) is 0 Å². The molecule has 0 saturated heterocycles. The van der Waals surface area contributed by atoms with Crippen LogP contribution in [0, 0.1) is 5.92 Å². The molecule has 0 aliphatic carbocycles. The highest BCUT2D eigenvalue weighted by molar-refractivity contribution is 5.70. The lowest BCUT2D eigenvalue weighted by Gasteiger charge is -2.15. The topological polar surface area (TPSA) is 72.8 Å². The van der Waals surface area contributed by atoms with E-state index in [0.717, 1.165) is 38.0 Å². The van der Waals surface area contributed by atoms with Crippen LogP contribution in [-0.2, 0) is 19.1 Å². The van der Waals surface area contributed by atoms with Crippen molar-refractivity contribution in [1.29, 1.82) is 0 Å². The number of aliphatic hydroxyl groups is 1. The molecule has 1 N–H and O–H groups in total. The number of aliphatic hydroxyl groups excluding tert-OH is 1. The van der Waals surface area contributed by atoms with Crippen LogP contribution in [0.15, 0.2) is 0 Å². The van der Waals surface area contributed by atoms with Crippen molar-refractivity contribution < 1.29 is 24.2 Å². The van der Waals surface area contributed by atoms with Crippen molar-refractivity contribution in [2.75, 3.05) is 13.2 Å². The zero-order valence-corrected chi connectivity index (χ0v) is 26.3. The first-order chi connectivity index (χ1) is 19.0. The predicted octanol–water partition coefficient (Wildman–Crippen LogP) is 9.86. The van der Waals surface area contributed by atoms with Crippen LogP contribution in [0.4, 0.5) is 0 Å². The highest BCUT2D eigenvalue weighted by Crippen LogP contribution is 2.15. The molecular weight excluding hydrogens is 488 g/mol. The fraction of sp³-hybridized carbons (Fsp3) is 0.941.